The number of hydrogen-bond donors (Lipinski definition) is 0. The predicted octanol–water partition coefficient (Wildman–Crippen LogP) is 3.83. The van der Waals surface area contributed by atoms with Crippen LogP contribution in [0.4, 0.5) is 13.2 Å². The molecular weight excluding hydrogens is 327 g/mol. The molecule has 0 saturated carbocycles. The minimum absolute atomic E-state index is 0.150. The molecule has 1 atom stereocenters. The maximum Gasteiger partial charge on any atom is 0.421 e. The van der Waals surface area contributed by atoms with Crippen LogP contribution in [0.25, 0.3) is 0 Å². The molecular formula is C16H14F3NO4. The molecule has 2 aromatic rings. The van der Waals surface area contributed by atoms with Gasteiger partial charge in [-0.25, -0.2) is 9.78 Å². The molecule has 0 N–H and O–H groups in total. The average Bonchev–Trinajstić information content (AvgIpc) is 2.55. The van der Waals surface area contributed by atoms with Gasteiger partial charge in [0.15, 0.2) is 6.10 Å². The molecule has 2 rings (SSSR count). The molecule has 0 bridgehead atoms. The van der Waals surface area contributed by atoms with Gasteiger partial charge >= 0.3 is 12.1 Å². The van der Waals surface area contributed by atoms with Gasteiger partial charge in [-0.2, -0.15) is 13.2 Å². The van der Waals surface area contributed by atoms with E-state index in [1.807, 2.05) is 0 Å². The quantitative estimate of drug-likeness (QED) is 0.774. The number of hydrogen-bond acceptors (Lipinski definition) is 5. The minimum atomic E-state index is -4.57. The molecule has 0 radical (unpaired) electrons. The molecule has 0 aliphatic heterocycles. The molecule has 1 unspecified atom stereocenters. The zero-order valence-corrected chi connectivity index (χ0v) is 12.8. The average molecular weight is 341 g/mol. The number of carbonyl (C=O) groups is 1. The Bertz CT molecular complexity index is 701. The monoisotopic (exact) mass is 341 g/mol. The first-order valence-corrected chi connectivity index (χ1v) is 6.86. The number of aromatic nitrogens is 1. The fraction of sp³-hybridized carbons (Fsp3) is 0.250. The van der Waals surface area contributed by atoms with E-state index in [2.05, 4.69) is 9.72 Å². The summed E-state index contributed by atoms with van der Waals surface area (Å²) >= 11 is 0. The van der Waals surface area contributed by atoms with E-state index >= 15 is 0 Å². The first kappa shape index (κ1) is 17.6. The second-order valence-corrected chi connectivity index (χ2v) is 4.71. The van der Waals surface area contributed by atoms with E-state index in [1.165, 1.54) is 50.6 Å². The summed E-state index contributed by atoms with van der Waals surface area (Å²) < 4.78 is 53.7. The van der Waals surface area contributed by atoms with Crippen molar-refractivity contribution in [1.29, 1.82) is 0 Å². The van der Waals surface area contributed by atoms with E-state index in [9.17, 15) is 18.0 Å². The molecule has 8 heteroatoms. The second kappa shape index (κ2) is 7.20. The van der Waals surface area contributed by atoms with E-state index in [0.29, 0.717) is 5.75 Å². The predicted molar refractivity (Wildman–Crippen MR) is 77.9 cm³/mol. The maximum absolute atomic E-state index is 12.9. The Hall–Kier alpha value is -2.77. The number of halogens is 3. The van der Waals surface area contributed by atoms with Crippen LogP contribution in [0, 0.1) is 0 Å². The van der Waals surface area contributed by atoms with Crippen LogP contribution in [0.2, 0.25) is 0 Å². The van der Waals surface area contributed by atoms with Crippen molar-refractivity contribution in [2.45, 2.75) is 19.2 Å². The van der Waals surface area contributed by atoms with E-state index in [-0.39, 0.29) is 5.75 Å². The summed E-state index contributed by atoms with van der Waals surface area (Å²) in [6, 6.07) is 7.82. The van der Waals surface area contributed by atoms with E-state index in [0.717, 1.165) is 6.07 Å². The van der Waals surface area contributed by atoms with Crippen LogP contribution in [0.1, 0.15) is 12.5 Å². The molecule has 1 aromatic heterocycles. The number of esters is 1. The zero-order valence-electron chi connectivity index (χ0n) is 12.8. The summed E-state index contributed by atoms with van der Waals surface area (Å²) in [5.74, 6) is -0.588. The smallest absolute Gasteiger partial charge is 0.421 e. The lowest BCUT2D eigenvalue weighted by Gasteiger charge is -2.14. The summed E-state index contributed by atoms with van der Waals surface area (Å²) in [4.78, 5) is 14.9. The highest BCUT2D eigenvalue weighted by atomic mass is 19.4. The van der Waals surface area contributed by atoms with E-state index in [1.54, 1.807) is 0 Å². The van der Waals surface area contributed by atoms with Gasteiger partial charge < -0.3 is 14.2 Å². The van der Waals surface area contributed by atoms with E-state index in [4.69, 9.17) is 9.47 Å². The first-order valence-electron chi connectivity index (χ1n) is 6.86. The number of ether oxygens (including phenoxy) is 3. The Morgan fingerprint density at radius 2 is 1.75 bits per heavy atom. The molecule has 0 saturated heterocycles. The molecule has 0 aliphatic rings. The highest BCUT2D eigenvalue weighted by molar-refractivity contribution is 5.74. The van der Waals surface area contributed by atoms with Crippen LogP contribution < -0.4 is 9.47 Å². The van der Waals surface area contributed by atoms with Crippen molar-refractivity contribution in [2.24, 2.45) is 0 Å². The van der Waals surface area contributed by atoms with Crippen molar-refractivity contribution in [3.05, 3.63) is 48.2 Å². The number of nitrogens with zero attached hydrogens (tertiary/aromatic N) is 1. The van der Waals surface area contributed by atoms with Gasteiger partial charge in [-0.15, -0.1) is 0 Å². The Morgan fingerprint density at radius 3 is 2.33 bits per heavy atom. The molecule has 1 heterocycles. The molecule has 1 aromatic carbocycles. The van der Waals surface area contributed by atoms with Gasteiger partial charge in [0.25, 0.3) is 0 Å². The second-order valence-electron chi connectivity index (χ2n) is 4.71. The third kappa shape index (κ3) is 4.37. The molecule has 0 amide bonds. The van der Waals surface area contributed by atoms with Gasteiger partial charge in [0, 0.05) is 6.20 Å². The summed E-state index contributed by atoms with van der Waals surface area (Å²) in [7, 11) is 1.24. The summed E-state index contributed by atoms with van der Waals surface area (Å²) in [5, 5.41) is 0. The van der Waals surface area contributed by atoms with Crippen molar-refractivity contribution in [1.82, 2.24) is 4.98 Å². The van der Waals surface area contributed by atoms with Crippen molar-refractivity contribution in [3.8, 4) is 17.4 Å². The fourth-order valence-electron chi connectivity index (χ4n) is 1.80. The number of methoxy groups -OCH3 is 1. The minimum Gasteiger partial charge on any atom is -0.479 e. The Morgan fingerprint density at radius 1 is 1.12 bits per heavy atom. The lowest BCUT2D eigenvalue weighted by Crippen LogP contribution is -2.24. The Labute approximate surface area is 136 Å². The SMILES string of the molecule is COC(=O)C(C)Oc1ccc(Oc2ncccc2C(F)(F)F)cc1. The van der Waals surface area contributed by atoms with Crippen LogP contribution in [0.3, 0.4) is 0 Å². The van der Waals surface area contributed by atoms with Gasteiger partial charge in [-0.1, -0.05) is 0 Å². The highest BCUT2D eigenvalue weighted by Crippen LogP contribution is 2.36. The molecule has 0 aliphatic carbocycles. The van der Waals surface area contributed by atoms with Gasteiger partial charge in [-0.3, -0.25) is 0 Å². The summed E-state index contributed by atoms with van der Waals surface area (Å²) in [5.41, 5.74) is -0.968. The molecule has 128 valence electrons. The van der Waals surface area contributed by atoms with Crippen LogP contribution in [-0.2, 0) is 15.7 Å². The Balaban J connectivity index is 2.12. The van der Waals surface area contributed by atoms with E-state index < -0.39 is 29.7 Å². The standard InChI is InChI=1S/C16H14F3NO4/c1-10(15(21)22-2)23-11-5-7-12(8-6-11)24-14-13(16(17,18)19)4-3-9-20-14/h3-10H,1-2H3. The number of alkyl halides is 3. The molecule has 24 heavy (non-hydrogen) atoms. The fourth-order valence-corrected chi connectivity index (χ4v) is 1.80. The van der Waals surface area contributed by atoms with Crippen molar-refractivity contribution in [2.75, 3.05) is 7.11 Å². The number of rotatable bonds is 5. The summed E-state index contributed by atoms with van der Waals surface area (Å²) in [6.07, 6.45) is -4.17. The van der Waals surface area contributed by atoms with Crippen molar-refractivity contribution in [3.63, 3.8) is 0 Å². The van der Waals surface area contributed by atoms with Crippen LogP contribution in [0.15, 0.2) is 42.6 Å². The van der Waals surface area contributed by atoms with Crippen LogP contribution >= 0.6 is 0 Å². The van der Waals surface area contributed by atoms with Crippen molar-refractivity contribution < 1.29 is 32.2 Å². The maximum atomic E-state index is 12.9. The largest absolute Gasteiger partial charge is 0.479 e. The lowest BCUT2D eigenvalue weighted by atomic mass is 10.2. The highest BCUT2D eigenvalue weighted by Gasteiger charge is 2.35. The van der Waals surface area contributed by atoms with Gasteiger partial charge in [0.1, 0.15) is 17.1 Å². The molecule has 0 fully saturated rings. The van der Waals surface area contributed by atoms with Gasteiger partial charge in [-0.05, 0) is 43.3 Å². The van der Waals surface area contributed by atoms with Gasteiger partial charge in [0.05, 0.1) is 7.11 Å². The molecule has 5 nitrogen and oxygen atoms in total. The topological polar surface area (TPSA) is 57.7 Å². The number of benzene rings is 1. The summed E-state index contributed by atoms with van der Waals surface area (Å²) in [6.45, 7) is 1.51. The third-order valence-electron chi connectivity index (χ3n) is 2.96. The van der Waals surface area contributed by atoms with Crippen LogP contribution in [0.5, 0.6) is 17.4 Å². The number of pyridine rings is 1. The normalized spacial score (nSPS) is 12.4. The van der Waals surface area contributed by atoms with Crippen molar-refractivity contribution >= 4 is 5.97 Å². The lowest BCUT2D eigenvalue weighted by molar-refractivity contribution is -0.148. The first-order chi connectivity index (χ1) is 11.3. The molecule has 0 spiro atoms. The number of carbonyl (C=O) groups excluding carboxylic acids is 1. The van der Waals surface area contributed by atoms with Crippen LogP contribution in [-0.4, -0.2) is 24.2 Å². The third-order valence-corrected chi connectivity index (χ3v) is 2.96. The Kier molecular flexibility index (Phi) is 5.28. The van der Waals surface area contributed by atoms with Gasteiger partial charge in [0.2, 0.25) is 5.88 Å². The zero-order chi connectivity index (χ0) is 17.7.